The smallest absolute Gasteiger partial charge is 0.485 e. The lowest BCUT2D eigenvalue weighted by atomic mass is 9.87. The summed E-state index contributed by atoms with van der Waals surface area (Å²) < 4.78 is 61.3. The fourth-order valence-electron chi connectivity index (χ4n) is 3.15. The molecule has 1 aromatic carbocycles. The largest absolute Gasteiger partial charge is 0.741 e. The normalized spacial score (nSPS) is 13.3. The van der Waals surface area contributed by atoms with E-state index in [1.54, 1.807) is 5.56 Å². The zero-order valence-corrected chi connectivity index (χ0v) is 16.0. The molecule has 0 atom stereocenters. The van der Waals surface area contributed by atoms with E-state index in [0.717, 1.165) is 6.54 Å². The fraction of sp³-hybridized carbons (Fsp3) is 0.421. The van der Waals surface area contributed by atoms with E-state index in [-0.39, 0.29) is 0 Å². The SMILES string of the molecule is CCCCc1ccc(C)c2c1-c1cccc[n+]1CC2.O=S(=O)([O-])C(F)(F)F. The third-order valence-corrected chi connectivity index (χ3v) is 5.08. The summed E-state index contributed by atoms with van der Waals surface area (Å²) in [5, 5.41) is 0. The Hall–Kier alpha value is -1.93. The second-order valence-corrected chi connectivity index (χ2v) is 7.80. The molecule has 0 unspecified atom stereocenters. The average Bonchev–Trinajstić information content (AvgIpc) is 2.60. The predicted molar refractivity (Wildman–Crippen MR) is 94.9 cm³/mol. The highest BCUT2D eigenvalue weighted by Crippen LogP contribution is 2.32. The predicted octanol–water partition coefficient (Wildman–Crippen LogP) is 3.90. The number of rotatable bonds is 3. The highest BCUT2D eigenvalue weighted by atomic mass is 32.2. The van der Waals surface area contributed by atoms with E-state index in [0.29, 0.717) is 0 Å². The summed E-state index contributed by atoms with van der Waals surface area (Å²) in [4.78, 5) is 0. The molecule has 8 heteroatoms. The summed E-state index contributed by atoms with van der Waals surface area (Å²) in [7, 11) is -6.09. The van der Waals surface area contributed by atoms with E-state index in [9.17, 15) is 13.2 Å². The Morgan fingerprint density at radius 3 is 2.44 bits per heavy atom. The molecule has 0 radical (unpaired) electrons. The van der Waals surface area contributed by atoms with Crippen LogP contribution < -0.4 is 4.57 Å². The van der Waals surface area contributed by atoms with E-state index in [4.69, 9.17) is 13.0 Å². The third-order valence-electron chi connectivity index (χ3n) is 4.52. The summed E-state index contributed by atoms with van der Waals surface area (Å²) in [5.41, 5.74) is 1.82. The monoisotopic (exact) mass is 401 g/mol. The van der Waals surface area contributed by atoms with Crippen molar-refractivity contribution in [3.63, 3.8) is 0 Å². The molecule has 1 aliphatic rings. The van der Waals surface area contributed by atoms with Crippen LogP contribution in [0.5, 0.6) is 0 Å². The second kappa shape index (κ2) is 8.39. The van der Waals surface area contributed by atoms with Crippen LogP contribution in [-0.4, -0.2) is 18.5 Å². The second-order valence-electron chi connectivity index (χ2n) is 6.43. The molecule has 0 spiro atoms. The molecule has 1 aliphatic heterocycles. The van der Waals surface area contributed by atoms with Crippen LogP contribution in [0.3, 0.4) is 0 Å². The molecular formula is C19H22F3NO3S. The molecule has 2 heterocycles. The average molecular weight is 401 g/mol. The van der Waals surface area contributed by atoms with Gasteiger partial charge in [0.05, 0.1) is 5.56 Å². The third kappa shape index (κ3) is 5.07. The van der Waals surface area contributed by atoms with Crippen LogP contribution in [0.1, 0.15) is 36.5 Å². The Bertz CT molecular complexity index is 909. The Morgan fingerprint density at radius 2 is 1.85 bits per heavy atom. The number of pyridine rings is 1. The minimum absolute atomic E-state index is 1.11. The van der Waals surface area contributed by atoms with Gasteiger partial charge in [-0.1, -0.05) is 25.5 Å². The van der Waals surface area contributed by atoms with Gasteiger partial charge in [-0.25, -0.2) is 8.42 Å². The molecule has 0 aliphatic carbocycles. The van der Waals surface area contributed by atoms with Gasteiger partial charge in [0, 0.05) is 18.6 Å². The maximum Gasteiger partial charge on any atom is 0.485 e. The first-order valence-electron chi connectivity index (χ1n) is 8.68. The van der Waals surface area contributed by atoms with Crippen LogP contribution in [0, 0.1) is 6.92 Å². The topological polar surface area (TPSA) is 61.1 Å². The van der Waals surface area contributed by atoms with Crippen molar-refractivity contribution in [3.05, 3.63) is 53.2 Å². The van der Waals surface area contributed by atoms with E-state index in [1.165, 1.54) is 48.1 Å². The maximum absolute atomic E-state index is 10.7. The van der Waals surface area contributed by atoms with Gasteiger partial charge in [-0.05, 0) is 42.5 Å². The highest BCUT2D eigenvalue weighted by molar-refractivity contribution is 7.86. The minimum Gasteiger partial charge on any atom is -0.741 e. The number of alkyl halides is 3. The molecular weight excluding hydrogens is 379 g/mol. The van der Waals surface area contributed by atoms with Gasteiger partial charge in [0.2, 0.25) is 5.69 Å². The van der Waals surface area contributed by atoms with Crippen molar-refractivity contribution in [2.75, 3.05) is 0 Å². The van der Waals surface area contributed by atoms with Crippen LogP contribution in [0.25, 0.3) is 11.3 Å². The van der Waals surface area contributed by atoms with Crippen molar-refractivity contribution < 1.29 is 30.7 Å². The number of benzene rings is 1. The number of halogens is 3. The van der Waals surface area contributed by atoms with Crippen molar-refractivity contribution >= 4 is 10.1 Å². The first kappa shape index (κ1) is 21.4. The first-order valence-corrected chi connectivity index (χ1v) is 10.1. The van der Waals surface area contributed by atoms with Gasteiger partial charge in [0.25, 0.3) is 0 Å². The molecule has 27 heavy (non-hydrogen) atoms. The van der Waals surface area contributed by atoms with Crippen molar-refractivity contribution in [1.82, 2.24) is 0 Å². The van der Waals surface area contributed by atoms with Crippen LogP contribution in [0.4, 0.5) is 13.2 Å². The summed E-state index contributed by atoms with van der Waals surface area (Å²) >= 11 is 0. The summed E-state index contributed by atoms with van der Waals surface area (Å²) in [6.07, 6.45) is 7.13. The van der Waals surface area contributed by atoms with Crippen molar-refractivity contribution in [3.8, 4) is 11.3 Å². The molecule has 148 valence electrons. The quantitative estimate of drug-likeness (QED) is 0.445. The van der Waals surface area contributed by atoms with Gasteiger partial charge in [-0.3, -0.25) is 0 Å². The van der Waals surface area contributed by atoms with Crippen LogP contribution in [0.2, 0.25) is 0 Å². The molecule has 0 amide bonds. The number of fused-ring (bicyclic) bond motifs is 3. The zero-order chi connectivity index (χ0) is 20.2. The van der Waals surface area contributed by atoms with Crippen LogP contribution in [-0.2, 0) is 29.5 Å². The van der Waals surface area contributed by atoms with Gasteiger partial charge in [0.1, 0.15) is 0 Å². The van der Waals surface area contributed by atoms with E-state index < -0.39 is 15.6 Å². The molecule has 0 N–H and O–H groups in total. The Labute approximate surface area is 157 Å². The molecule has 3 rings (SSSR count). The fourth-order valence-corrected chi connectivity index (χ4v) is 3.15. The highest BCUT2D eigenvalue weighted by Gasteiger charge is 2.36. The first-order chi connectivity index (χ1) is 12.6. The molecule has 4 nitrogen and oxygen atoms in total. The Kier molecular flexibility index (Phi) is 6.64. The van der Waals surface area contributed by atoms with Crippen molar-refractivity contribution in [2.24, 2.45) is 0 Å². The summed E-state index contributed by atoms with van der Waals surface area (Å²) in [6.45, 7) is 5.63. The molecule has 0 fully saturated rings. The van der Waals surface area contributed by atoms with Crippen LogP contribution >= 0.6 is 0 Å². The number of hydrogen-bond acceptors (Lipinski definition) is 3. The van der Waals surface area contributed by atoms with Gasteiger partial charge in [-0.2, -0.15) is 17.7 Å². The summed E-state index contributed by atoms with van der Waals surface area (Å²) in [5.74, 6) is 0. The number of hydrogen-bond donors (Lipinski definition) is 0. The molecule has 0 bridgehead atoms. The molecule has 0 saturated carbocycles. The lowest BCUT2D eigenvalue weighted by molar-refractivity contribution is -0.687. The number of aryl methyl sites for hydroxylation is 3. The lowest BCUT2D eigenvalue weighted by Gasteiger charge is -2.20. The number of nitrogens with zero attached hydrogens (tertiary/aromatic N) is 1. The van der Waals surface area contributed by atoms with E-state index in [1.807, 2.05) is 0 Å². The minimum atomic E-state index is -6.09. The standard InChI is InChI=1S/C18H22N.CHF3O3S/c1-3-4-7-15-10-9-14(2)16-11-13-19-12-6-5-8-17(19)18(15)16;2-1(3,4)8(5,6)7/h5-6,8-10,12H,3-4,7,11,13H2,1-2H3;(H,5,6,7)/q+1;/p-1. The number of aromatic nitrogens is 1. The maximum atomic E-state index is 10.7. The van der Waals surface area contributed by atoms with Crippen molar-refractivity contribution in [2.45, 2.75) is 51.6 Å². The molecule has 1 aromatic heterocycles. The Balaban J connectivity index is 0.000000279. The van der Waals surface area contributed by atoms with E-state index >= 15 is 0 Å². The Morgan fingerprint density at radius 1 is 1.19 bits per heavy atom. The lowest BCUT2D eigenvalue weighted by Crippen LogP contribution is -2.40. The van der Waals surface area contributed by atoms with Gasteiger partial charge in [0.15, 0.2) is 22.9 Å². The number of unbranched alkanes of at least 4 members (excludes halogenated alkanes) is 1. The van der Waals surface area contributed by atoms with Gasteiger partial charge >= 0.3 is 5.51 Å². The van der Waals surface area contributed by atoms with E-state index in [2.05, 4.69) is 54.9 Å². The summed E-state index contributed by atoms with van der Waals surface area (Å²) in [6, 6.07) is 11.2. The zero-order valence-electron chi connectivity index (χ0n) is 15.2. The molecule has 0 saturated heterocycles. The van der Waals surface area contributed by atoms with Crippen molar-refractivity contribution in [1.29, 1.82) is 0 Å². The van der Waals surface area contributed by atoms with Gasteiger partial charge < -0.3 is 4.55 Å². The van der Waals surface area contributed by atoms with Gasteiger partial charge in [-0.15, -0.1) is 0 Å². The van der Waals surface area contributed by atoms with Crippen LogP contribution in [0.15, 0.2) is 36.5 Å². The molecule has 2 aromatic rings.